The highest BCUT2D eigenvalue weighted by atomic mass is 32.2. The van der Waals surface area contributed by atoms with Gasteiger partial charge in [0.05, 0.1) is 16.1 Å². The Morgan fingerprint density at radius 2 is 1.62 bits per heavy atom. The van der Waals surface area contributed by atoms with E-state index in [4.69, 9.17) is 0 Å². The smallest absolute Gasteiger partial charge is 0.337 e. The van der Waals surface area contributed by atoms with E-state index in [-0.39, 0.29) is 16.1 Å². The summed E-state index contributed by atoms with van der Waals surface area (Å²) < 4.78 is 29.4. The summed E-state index contributed by atoms with van der Waals surface area (Å²) in [6.07, 6.45) is 7.06. The van der Waals surface area contributed by atoms with Gasteiger partial charge in [-0.1, -0.05) is 12.5 Å². The molecular formula is C25H34N4O4S. The minimum Gasteiger partial charge on any atom is -0.478 e. The number of pyridine rings is 1. The lowest BCUT2D eigenvalue weighted by atomic mass is 10.00. The molecule has 2 aliphatic heterocycles. The maximum atomic E-state index is 13.3. The van der Waals surface area contributed by atoms with Crippen molar-refractivity contribution in [2.45, 2.75) is 63.8 Å². The summed E-state index contributed by atoms with van der Waals surface area (Å²) in [5.74, 6) is -0.669. The van der Waals surface area contributed by atoms with Crippen molar-refractivity contribution in [2.75, 3.05) is 35.8 Å². The van der Waals surface area contributed by atoms with Crippen LogP contribution in [0, 0.1) is 20.8 Å². The highest BCUT2D eigenvalue weighted by molar-refractivity contribution is 7.92. The predicted molar refractivity (Wildman–Crippen MR) is 133 cm³/mol. The van der Waals surface area contributed by atoms with Gasteiger partial charge in [-0.3, -0.25) is 4.72 Å². The Labute approximate surface area is 202 Å². The Morgan fingerprint density at radius 1 is 0.971 bits per heavy atom. The number of piperidine rings is 2. The van der Waals surface area contributed by atoms with E-state index in [2.05, 4.69) is 19.5 Å². The molecule has 0 unspecified atom stereocenters. The average Bonchev–Trinajstić information content (AvgIpc) is 2.81. The van der Waals surface area contributed by atoms with E-state index < -0.39 is 16.0 Å². The molecular weight excluding hydrogens is 452 g/mol. The molecule has 0 bridgehead atoms. The summed E-state index contributed by atoms with van der Waals surface area (Å²) in [5.41, 5.74) is 2.68. The monoisotopic (exact) mass is 486 g/mol. The van der Waals surface area contributed by atoms with Crippen molar-refractivity contribution in [3.63, 3.8) is 0 Å². The topological polar surface area (TPSA) is 103 Å². The van der Waals surface area contributed by atoms with E-state index in [1.807, 2.05) is 19.9 Å². The van der Waals surface area contributed by atoms with Crippen LogP contribution in [0.3, 0.4) is 0 Å². The molecule has 1 aromatic carbocycles. The van der Waals surface area contributed by atoms with Gasteiger partial charge in [-0.2, -0.15) is 0 Å². The Bertz CT molecular complexity index is 1170. The number of anilines is 2. The van der Waals surface area contributed by atoms with Gasteiger partial charge in [0.1, 0.15) is 0 Å². The second-order valence-electron chi connectivity index (χ2n) is 9.52. The maximum absolute atomic E-state index is 13.3. The first-order valence-electron chi connectivity index (χ1n) is 12.0. The largest absolute Gasteiger partial charge is 0.478 e. The van der Waals surface area contributed by atoms with E-state index in [1.54, 1.807) is 13.0 Å². The Morgan fingerprint density at radius 3 is 2.26 bits per heavy atom. The van der Waals surface area contributed by atoms with Gasteiger partial charge in [0, 0.05) is 25.3 Å². The zero-order chi connectivity index (χ0) is 24.5. The van der Waals surface area contributed by atoms with Crippen LogP contribution in [0.5, 0.6) is 0 Å². The van der Waals surface area contributed by atoms with Crippen molar-refractivity contribution >= 4 is 27.5 Å². The maximum Gasteiger partial charge on any atom is 0.337 e. The molecule has 0 saturated carbocycles. The number of hydrogen-bond donors (Lipinski definition) is 2. The number of nitrogens with one attached hydrogen (secondary N) is 1. The minimum atomic E-state index is -3.93. The third-order valence-electron chi connectivity index (χ3n) is 7.11. The molecule has 184 valence electrons. The lowest BCUT2D eigenvalue weighted by molar-refractivity contribution is 0.0696. The number of sulfonamides is 1. The molecule has 0 spiro atoms. The average molecular weight is 487 g/mol. The summed E-state index contributed by atoms with van der Waals surface area (Å²) in [6.45, 7) is 9.37. The van der Waals surface area contributed by atoms with Crippen LogP contribution in [-0.4, -0.2) is 61.6 Å². The predicted octanol–water partition coefficient (Wildman–Crippen LogP) is 3.96. The van der Waals surface area contributed by atoms with E-state index in [9.17, 15) is 18.3 Å². The van der Waals surface area contributed by atoms with E-state index >= 15 is 0 Å². The summed E-state index contributed by atoms with van der Waals surface area (Å²) in [4.78, 5) is 20.8. The van der Waals surface area contributed by atoms with Crippen LogP contribution in [0.25, 0.3) is 0 Å². The number of benzene rings is 1. The third kappa shape index (κ3) is 5.20. The second-order valence-corrected chi connectivity index (χ2v) is 11.2. The fourth-order valence-corrected chi connectivity index (χ4v) is 6.42. The van der Waals surface area contributed by atoms with Crippen LogP contribution >= 0.6 is 0 Å². The summed E-state index contributed by atoms with van der Waals surface area (Å²) in [6, 6.07) is 5.41. The van der Waals surface area contributed by atoms with E-state index in [1.165, 1.54) is 31.5 Å². The quantitative estimate of drug-likeness (QED) is 0.637. The lowest BCUT2D eigenvalue weighted by Crippen LogP contribution is -2.47. The van der Waals surface area contributed by atoms with Crippen LogP contribution in [0.15, 0.2) is 29.3 Å². The zero-order valence-electron chi connectivity index (χ0n) is 20.2. The van der Waals surface area contributed by atoms with Crippen molar-refractivity contribution in [3.05, 3.63) is 46.6 Å². The number of aromatic carboxylic acids is 1. The molecule has 1 aromatic heterocycles. The number of hydrogen-bond acceptors (Lipinski definition) is 6. The van der Waals surface area contributed by atoms with Crippen molar-refractivity contribution in [2.24, 2.45) is 0 Å². The van der Waals surface area contributed by atoms with Crippen LogP contribution in [-0.2, 0) is 10.0 Å². The van der Waals surface area contributed by atoms with E-state index in [0.717, 1.165) is 50.1 Å². The standard InChI is InChI=1S/C25H34N4O4S/c1-17-13-19(3)23(14-18(17)2)34(32,33)27-22-15-20(25(30)31)16-26-24(22)29-11-7-21(8-12-29)28-9-5-4-6-10-28/h13-16,21,27H,4-12H2,1-3H3,(H,30,31). The molecule has 0 aliphatic carbocycles. The molecule has 0 radical (unpaired) electrons. The van der Waals surface area contributed by atoms with Gasteiger partial charge >= 0.3 is 5.97 Å². The van der Waals surface area contributed by atoms with Gasteiger partial charge in [-0.15, -0.1) is 0 Å². The molecule has 0 atom stereocenters. The van der Waals surface area contributed by atoms with Crippen molar-refractivity contribution in [1.82, 2.24) is 9.88 Å². The SMILES string of the molecule is Cc1cc(C)c(S(=O)(=O)Nc2cc(C(=O)O)cnc2N2CCC(N3CCCCC3)CC2)cc1C. The number of carboxylic acids is 1. The molecule has 2 N–H and O–H groups in total. The second kappa shape index (κ2) is 9.92. The van der Waals surface area contributed by atoms with Crippen LogP contribution in [0.1, 0.15) is 59.2 Å². The van der Waals surface area contributed by atoms with Crippen LogP contribution in [0.4, 0.5) is 11.5 Å². The molecule has 9 heteroatoms. The molecule has 3 heterocycles. The summed E-state index contributed by atoms with van der Waals surface area (Å²) >= 11 is 0. The van der Waals surface area contributed by atoms with Crippen molar-refractivity contribution < 1.29 is 18.3 Å². The van der Waals surface area contributed by atoms with Crippen molar-refractivity contribution in [1.29, 1.82) is 0 Å². The molecule has 2 fully saturated rings. The summed E-state index contributed by atoms with van der Waals surface area (Å²) in [7, 11) is -3.93. The third-order valence-corrected chi connectivity index (χ3v) is 8.62. The Balaban J connectivity index is 1.60. The highest BCUT2D eigenvalue weighted by Gasteiger charge is 2.29. The van der Waals surface area contributed by atoms with Gasteiger partial charge < -0.3 is 14.9 Å². The number of carboxylic acid groups (broad SMARTS) is 1. The van der Waals surface area contributed by atoms with Crippen LogP contribution in [0.2, 0.25) is 0 Å². The number of aromatic nitrogens is 1. The first kappa shape index (κ1) is 24.5. The van der Waals surface area contributed by atoms with E-state index in [0.29, 0.717) is 17.4 Å². The van der Waals surface area contributed by atoms with Gasteiger partial charge in [-0.05, 0) is 88.4 Å². The Kier molecular flexibility index (Phi) is 7.14. The highest BCUT2D eigenvalue weighted by Crippen LogP contribution is 2.32. The fraction of sp³-hybridized carbons (Fsp3) is 0.520. The zero-order valence-corrected chi connectivity index (χ0v) is 21.0. The van der Waals surface area contributed by atoms with Gasteiger partial charge in [0.25, 0.3) is 10.0 Å². The van der Waals surface area contributed by atoms with Crippen LogP contribution < -0.4 is 9.62 Å². The molecule has 2 aromatic rings. The lowest BCUT2D eigenvalue weighted by Gasteiger charge is -2.40. The van der Waals surface area contributed by atoms with Gasteiger partial charge in [0.15, 0.2) is 5.82 Å². The minimum absolute atomic E-state index is 0.0542. The number of likely N-dealkylation sites (tertiary alicyclic amines) is 1. The number of aryl methyl sites for hydroxylation is 3. The number of nitrogens with zero attached hydrogens (tertiary/aromatic N) is 3. The molecule has 2 saturated heterocycles. The first-order chi connectivity index (χ1) is 16.2. The Hall–Kier alpha value is -2.65. The summed E-state index contributed by atoms with van der Waals surface area (Å²) in [5, 5.41) is 9.48. The van der Waals surface area contributed by atoms with Crippen molar-refractivity contribution in [3.8, 4) is 0 Å². The number of carbonyl (C=O) groups is 1. The van der Waals surface area contributed by atoms with Gasteiger partial charge in [-0.25, -0.2) is 18.2 Å². The fourth-order valence-electron chi connectivity index (χ4n) is 5.05. The molecule has 34 heavy (non-hydrogen) atoms. The number of rotatable bonds is 6. The molecule has 0 amide bonds. The molecule has 2 aliphatic rings. The van der Waals surface area contributed by atoms with Gasteiger partial charge in [0.2, 0.25) is 0 Å². The molecule has 4 rings (SSSR count). The normalized spacial score (nSPS) is 18.1. The molecule has 8 nitrogen and oxygen atoms in total. The first-order valence-corrected chi connectivity index (χ1v) is 13.5.